The summed E-state index contributed by atoms with van der Waals surface area (Å²) in [6.45, 7) is 9.78. The molecule has 1 unspecified atom stereocenters. The van der Waals surface area contributed by atoms with E-state index < -0.39 is 27.2 Å². The van der Waals surface area contributed by atoms with Crippen LogP contribution in [0.5, 0.6) is 0 Å². The van der Waals surface area contributed by atoms with Crippen LogP contribution in [0.1, 0.15) is 65.7 Å². The van der Waals surface area contributed by atoms with E-state index in [1.807, 2.05) is 6.92 Å². The van der Waals surface area contributed by atoms with Gasteiger partial charge in [-0.25, -0.2) is 0 Å². The molecule has 1 spiro atoms. The van der Waals surface area contributed by atoms with Gasteiger partial charge in [-0.3, -0.25) is 9.59 Å². The Morgan fingerprint density at radius 1 is 1.30 bits per heavy atom. The third-order valence-corrected chi connectivity index (χ3v) is 10.3. The third-order valence-electron chi connectivity index (χ3n) is 9.77. The average molecular weight is 434 g/mol. The molecule has 5 saturated carbocycles. The van der Waals surface area contributed by atoms with Gasteiger partial charge in [0.2, 0.25) is 0 Å². The highest BCUT2D eigenvalue weighted by atomic mass is 35.5. The van der Waals surface area contributed by atoms with Crippen LogP contribution in [0, 0.1) is 45.3 Å². The second-order valence-corrected chi connectivity index (χ2v) is 11.5. The fourth-order valence-electron chi connectivity index (χ4n) is 8.38. The first-order valence-electron chi connectivity index (χ1n) is 11.0. The first kappa shape index (κ1) is 21.8. The SMILES string of the molecule is C=C(C)C1(O)C(=O)[C@@]23CC[C@@H]4[C@](C)(CCC[C@@]4(C)C(=O)OC)[C@H]2C[C@@H]1C[C@]3(Cl)C#N. The number of hydrogen-bond acceptors (Lipinski definition) is 5. The van der Waals surface area contributed by atoms with Crippen molar-refractivity contribution in [3.63, 3.8) is 0 Å². The lowest BCUT2D eigenvalue weighted by molar-refractivity contribution is -0.224. The van der Waals surface area contributed by atoms with Crippen LogP contribution in [0.25, 0.3) is 0 Å². The number of esters is 1. The van der Waals surface area contributed by atoms with E-state index in [9.17, 15) is 20.0 Å². The summed E-state index contributed by atoms with van der Waals surface area (Å²) < 4.78 is 5.19. The normalized spacial score (nSPS) is 52.0. The Bertz CT molecular complexity index is 881. The van der Waals surface area contributed by atoms with Gasteiger partial charge in [0.25, 0.3) is 0 Å². The number of Topliss-reactive ketones (excluding diaryl/α,β-unsaturated/α-hetero) is 1. The monoisotopic (exact) mass is 433 g/mol. The second-order valence-electron chi connectivity index (χ2n) is 10.8. The lowest BCUT2D eigenvalue weighted by atomic mass is 9.33. The van der Waals surface area contributed by atoms with Crippen molar-refractivity contribution in [1.82, 2.24) is 0 Å². The number of nitriles is 1. The van der Waals surface area contributed by atoms with E-state index in [0.29, 0.717) is 24.8 Å². The van der Waals surface area contributed by atoms with E-state index in [1.54, 1.807) is 6.92 Å². The Kier molecular flexibility index (Phi) is 4.61. The predicted molar refractivity (Wildman–Crippen MR) is 112 cm³/mol. The number of fused-ring (bicyclic) bond motifs is 3. The van der Waals surface area contributed by atoms with Gasteiger partial charge in [-0.15, -0.1) is 11.6 Å². The second kappa shape index (κ2) is 6.33. The van der Waals surface area contributed by atoms with Crippen molar-refractivity contribution < 1.29 is 19.4 Å². The van der Waals surface area contributed by atoms with Crippen LogP contribution in [0.3, 0.4) is 0 Å². The summed E-state index contributed by atoms with van der Waals surface area (Å²) >= 11 is 6.99. The molecule has 8 atom stereocenters. The van der Waals surface area contributed by atoms with Gasteiger partial charge >= 0.3 is 5.97 Å². The van der Waals surface area contributed by atoms with E-state index in [-0.39, 0.29) is 35.4 Å². The predicted octanol–water partition coefficient (Wildman–Crippen LogP) is 4.17. The molecule has 5 rings (SSSR count). The number of ether oxygens (including phenoxy) is 1. The number of alkyl halides is 1. The summed E-state index contributed by atoms with van der Waals surface area (Å²) in [4.78, 5) is 25.5. The van der Waals surface area contributed by atoms with Crippen LogP contribution in [0.2, 0.25) is 0 Å². The first-order valence-corrected chi connectivity index (χ1v) is 11.4. The summed E-state index contributed by atoms with van der Waals surface area (Å²) in [6.07, 6.45) is 4.41. The van der Waals surface area contributed by atoms with Crippen LogP contribution in [0.15, 0.2) is 12.2 Å². The van der Waals surface area contributed by atoms with Crippen molar-refractivity contribution in [3.05, 3.63) is 12.2 Å². The van der Waals surface area contributed by atoms with E-state index in [1.165, 1.54) is 7.11 Å². The molecule has 0 amide bonds. The highest BCUT2D eigenvalue weighted by Gasteiger charge is 2.79. The van der Waals surface area contributed by atoms with Crippen LogP contribution in [-0.4, -0.2) is 34.4 Å². The molecule has 1 N–H and O–H groups in total. The number of nitrogens with zero attached hydrogens (tertiary/aromatic N) is 1. The zero-order chi connectivity index (χ0) is 22.3. The van der Waals surface area contributed by atoms with Crippen molar-refractivity contribution in [1.29, 1.82) is 5.26 Å². The summed E-state index contributed by atoms with van der Waals surface area (Å²) in [5.41, 5.74) is -3.28. The van der Waals surface area contributed by atoms with Crippen LogP contribution < -0.4 is 0 Å². The molecular weight excluding hydrogens is 402 g/mol. The molecule has 0 aromatic carbocycles. The van der Waals surface area contributed by atoms with Crippen molar-refractivity contribution in [2.24, 2.45) is 34.0 Å². The Labute approximate surface area is 183 Å². The molecule has 0 radical (unpaired) electrons. The van der Waals surface area contributed by atoms with Gasteiger partial charge in [-0.05, 0) is 75.2 Å². The number of aliphatic hydroxyl groups is 1. The minimum atomic E-state index is -1.63. The molecule has 164 valence electrons. The molecule has 5 nitrogen and oxygen atoms in total. The van der Waals surface area contributed by atoms with E-state index in [2.05, 4.69) is 19.6 Å². The summed E-state index contributed by atoms with van der Waals surface area (Å²) in [7, 11) is 1.43. The van der Waals surface area contributed by atoms with Crippen molar-refractivity contribution >= 4 is 23.4 Å². The molecule has 5 aliphatic rings. The molecule has 0 aliphatic heterocycles. The molecular formula is C24H32ClNO4. The number of carbonyl (C=O) groups is 2. The Balaban J connectivity index is 1.90. The molecule has 5 fully saturated rings. The van der Waals surface area contributed by atoms with Gasteiger partial charge < -0.3 is 9.84 Å². The zero-order valence-electron chi connectivity index (χ0n) is 18.4. The number of hydrogen-bond donors (Lipinski definition) is 1. The minimum Gasteiger partial charge on any atom is -0.469 e. The number of halogens is 1. The van der Waals surface area contributed by atoms with Gasteiger partial charge in [-0.2, -0.15) is 5.26 Å². The fourth-order valence-corrected chi connectivity index (χ4v) is 8.88. The largest absolute Gasteiger partial charge is 0.469 e. The summed E-state index contributed by atoms with van der Waals surface area (Å²) in [5, 5.41) is 21.6. The molecule has 6 heteroatoms. The maximum atomic E-state index is 14.0. The Hall–Kier alpha value is -1.38. The third kappa shape index (κ3) is 2.18. The lowest BCUT2D eigenvalue weighted by Gasteiger charge is -2.71. The standard InChI is InChI=1S/C24H32ClNO4/c1-14(2)24(29)15-11-17-20(3)8-6-9-21(4,19(28)30-5)16(20)7-10-23(17,18(24)27)22(25,12-15)13-26/h15-17,29H,1,6-12H2,2-5H3/t15-,16-,17-,20+,21-,22+,23-,24?/m1/s1. The molecule has 5 aliphatic carbocycles. The van der Waals surface area contributed by atoms with Gasteiger partial charge in [0.1, 0.15) is 10.5 Å². The molecule has 0 saturated heterocycles. The maximum Gasteiger partial charge on any atom is 0.311 e. The number of methoxy groups -OCH3 is 1. The number of ketones is 1. The molecule has 0 heterocycles. The Morgan fingerprint density at radius 2 is 1.97 bits per heavy atom. The Morgan fingerprint density at radius 3 is 2.53 bits per heavy atom. The van der Waals surface area contributed by atoms with E-state index in [4.69, 9.17) is 16.3 Å². The smallest absolute Gasteiger partial charge is 0.311 e. The quantitative estimate of drug-likeness (QED) is 0.401. The number of carbonyl (C=O) groups excluding carboxylic acids is 2. The first-order chi connectivity index (χ1) is 13.9. The highest BCUT2D eigenvalue weighted by molar-refractivity contribution is 6.29. The molecule has 0 aromatic heterocycles. The average Bonchev–Trinajstić information content (AvgIpc) is 2.70. The van der Waals surface area contributed by atoms with Crippen molar-refractivity contribution in [2.75, 3.05) is 7.11 Å². The van der Waals surface area contributed by atoms with Crippen molar-refractivity contribution in [2.45, 2.75) is 76.2 Å². The van der Waals surface area contributed by atoms with Gasteiger partial charge in [0.05, 0.1) is 24.0 Å². The van der Waals surface area contributed by atoms with Gasteiger partial charge in [0, 0.05) is 5.92 Å². The van der Waals surface area contributed by atoms with E-state index in [0.717, 1.165) is 19.3 Å². The molecule has 30 heavy (non-hydrogen) atoms. The topological polar surface area (TPSA) is 87.4 Å². The van der Waals surface area contributed by atoms with Crippen molar-refractivity contribution in [3.8, 4) is 6.07 Å². The van der Waals surface area contributed by atoms with Crippen LogP contribution in [-0.2, 0) is 14.3 Å². The summed E-state index contributed by atoms with van der Waals surface area (Å²) in [5.74, 6) is -1.06. The fraction of sp³-hybridized carbons (Fsp3) is 0.792. The van der Waals surface area contributed by atoms with E-state index >= 15 is 0 Å². The summed E-state index contributed by atoms with van der Waals surface area (Å²) in [6, 6.07) is 2.29. The lowest BCUT2D eigenvalue weighted by Crippen LogP contribution is -2.77. The zero-order valence-corrected chi connectivity index (χ0v) is 19.1. The van der Waals surface area contributed by atoms with Gasteiger partial charge in [0.15, 0.2) is 5.78 Å². The van der Waals surface area contributed by atoms with Crippen LogP contribution >= 0.6 is 11.6 Å². The minimum absolute atomic E-state index is 0.0477. The van der Waals surface area contributed by atoms with Gasteiger partial charge in [-0.1, -0.05) is 19.9 Å². The molecule has 0 aromatic rings. The highest BCUT2D eigenvalue weighted by Crippen LogP contribution is 2.75. The number of rotatable bonds is 2. The maximum absolute atomic E-state index is 14.0. The van der Waals surface area contributed by atoms with Crippen LogP contribution in [0.4, 0.5) is 0 Å². The molecule has 2 bridgehead atoms.